The molecule has 0 radical (unpaired) electrons. The number of carboxylic acids is 1. The summed E-state index contributed by atoms with van der Waals surface area (Å²) in [5.41, 5.74) is 0.112. The van der Waals surface area contributed by atoms with Crippen molar-refractivity contribution in [3.8, 4) is 5.75 Å². The van der Waals surface area contributed by atoms with Gasteiger partial charge >= 0.3 is 29.8 Å². The average molecular weight is 518 g/mol. The minimum absolute atomic E-state index is 0.112. The van der Waals surface area contributed by atoms with Gasteiger partial charge in [-0.15, -0.1) is 0 Å². The molecular weight excluding hydrogens is 492 g/mol. The Morgan fingerprint density at radius 3 is 1.92 bits per heavy atom. The number of esters is 4. The second-order valence-corrected chi connectivity index (χ2v) is 8.21. The van der Waals surface area contributed by atoms with Crippen LogP contribution in [0.4, 0.5) is 0 Å². The first kappa shape index (κ1) is 27.4. The number of ether oxygens (including phenoxy) is 6. The summed E-state index contributed by atoms with van der Waals surface area (Å²) in [5.74, 6) is -3.71. The number of fused-ring (bicyclic) bond motifs is 1. The van der Waals surface area contributed by atoms with Crippen molar-refractivity contribution in [1.29, 1.82) is 0 Å². The van der Waals surface area contributed by atoms with Crippen LogP contribution in [0.3, 0.4) is 0 Å². The molecule has 0 spiro atoms. The molecular formula is C25H26O12. The van der Waals surface area contributed by atoms with Gasteiger partial charge in [0.25, 0.3) is 0 Å². The lowest BCUT2D eigenvalue weighted by Gasteiger charge is -2.43. The van der Waals surface area contributed by atoms with Crippen LogP contribution in [0.25, 0.3) is 10.8 Å². The molecule has 1 aliphatic rings. The summed E-state index contributed by atoms with van der Waals surface area (Å²) >= 11 is 0. The molecule has 0 aromatic heterocycles. The maximum Gasteiger partial charge on any atom is 0.335 e. The molecule has 198 valence electrons. The number of carboxylic acid groups (broad SMARTS) is 1. The Morgan fingerprint density at radius 2 is 1.32 bits per heavy atom. The van der Waals surface area contributed by atoms with Gasteiger partial charge in [0.05, 0.1) is 5.56 Å². The minimum atomic E-state index is -1.38. The molecule has 0 amide bonds. The lowest BCUT2D eigenvalue weighted by Crippen LogP contribution is -2.63. The molecule has 37 heavy (non-hydrogen) atoms. The first-order valence-electron chi connectivity index (χ1n) is 11.2. The average Bonchev–Trinajstić information content (AvgIpc) is 2.80. The first-order valence-corrected chi connectivity index (χ1v) is 11.2. The summed E-state index contributed by atoms with van der Waals surface area (Å²) in [6.07, 6.45) is -6.55. The van der Waals surface area contributed by atoms with Crippen molar-refractivity contribution in [2.75, 3.05) is 6.61 Å². The van der Waals surface area contributed by atoms with E-state index in [1.165, 1.54) is 19.1 Å². The van der Waals surface area contributed by atoms with E-state index >= 15 is 0 Å². The molecule has 0 aliphatic carbocycles. The van der Waals surface area contributed by atoms with Gasteiger partial charge in [0.2, 0.25) is 12.4 Å². The normalized spacial score (nSPS) is 23.0. The van der Waals surface area contributed by atoms with Gasteiger partial charge in [0, 0.05) is 27.7 Å². The second-order valence-electron chi connectivity index (χ2n) is 8.21. The Hall–Kier alpha value is -4.19. The number of carbonyl (C=O) groups excluding carboxylic acids is 4. The largest absolute Gasteiger partial charge is 0.478 e. The fourth-order valence-corrected chi connectivity index (χ4v) is 3.85. The Labute approximate surface area is 211 Å². The second kappa shape index (κ2) is 11.7. The topological polar surface area (TPSA) is 161 Å². The molecule has 1 heterocycles. The predicted molar refractivity (Wildman–Crippen MR) is 123 cm³/mol. The Morgan fingerprint density at radius 1 is 0.757 bits per heavy atom. The van der Waals surface area contributed by atoms with Crippen LogP contribution in [0.5, 0.6) is 5.75 Å². The van der Waals surface area contributed by atoms with Crippen LogP contribution in [-0.2, 0) is 42.9 Å². The van der Waals surface area contributed by atoms with Crippen molar-refractivity contribution < 1.29 is 57.5 Å². The van der Waals surface area contributed by atoms with E-state index in [-0.39, 0.29) is 17.9 Å². The standard InChI is InChI=1S/C25H26O12/c1-12(26)32-11-20-21(33-13(2)27)22(34-14(3)28)23(35-15(4)29)25(37-20)36-19-8-7-16-9-18(24(30)31)6-5-17(16)10-19/h5-10,20-23,25H,11H2,1-4H3,(H,30,31)/t20-,21+,22+,23-,25-/m1/s1. The molecule has 1 aliphatic heterocycles. The number of hydrogen-bond acceptors (Lipinski definition) is 11. The van der Waals surface area contributed by atoms with Crippen LogP contribution in [0.1, 0.15) is 38.1 Å². The number of aromatic carboxylic acids is 1. The fraction of sp³-hybridized carbons (Fsp3) is 0.400. The third-order valence-corrected chi connectivity index (χ3v) is 5.26. The smallest absolute Gasteiger partial charge is 0.335 e. The molecule has 1 saturated heterocycles. The molecule has 0 saturated carbocycles. The number of hydrogen-bond donors (Lipinski definition) is 1. The molecule has 2 aromatic carbocycles. The van der Waals surface area contributed by atoms with Gasteiger partial charge in [-0.25, -0.2) is 4.79 Å². The van der Waals surface area contributed by atoms with Crippen molar-refractivity contribution in [2.45, 2.75) is 58.4 Å². The minimum Gasteiger partial charge on any atom is -0.478 e. The SMILES string of the molecule is CC(=O)OC[C@H]1O[C@@H](Oc2ccc3cc(C(=O)O)ccc3c2)[C@H](OC(C)=O)[C@@H](OC(C)=O)[C@H]1OC(C)=O. The summed E-state index contributed by atoms with van der Waals surface area (Å²) < 4.78 is 33.0. The summed E-state index contributed by atoms with van der Waals surface area (Å²) in [7, 11) is 0. The van der Waals surface area contributed by atoms with E-state index in [0.29, 0.717) is 10.8 Å². The van der Waals surface area contributed by atoms with Gasteiger partial charge < -0.3 is 33.5 Å². The van der Waals surface area contributed by atoms with Gasteiger partial charge in [0.15, 0.2) is 12.2 Å². The number of benzene rings is 2. The maximum absolute atomic E-state index is 11.9. The number of rotatable bonds is 8. The highest BCUT2D eigenvalue weighted by atomic mass is 16.7. The van der Waals surface area contributed by atoms with Crippen molar-refractivity contribution in [1.82, 2.24) is 0 Å². The van der Waals surface area contributed by atoms with Crippen molar-refractivity contribution in [3.05, 3.63) is 42.0 Å². The van der Waals surface area contributed by atoms with Crippen LogP contribution in [0.15, 0.2) is 36.4 Å². The first-order chi connectivity index (χ1) is 17.4. The fourth-order valence-electron chi connectivity index (χ4n) is 3.85. The lowest BCUT2D eigenvalue weighted by atomic mass is 9.98. The van der Waals surface area contributed by atoms with E-state index in [4.69, 9.17) is 28.4 Å². The van der Waals surface area contributed by atoms with Crippen LogP contribution in [-0.4, -0.2) is 72.3 Å². The Kier molecular flexibility index (Phi) is 8.66. The predicted octanol–water partition coefficient (Wildman–Crippen LogP) is 2.00. The van der Waals surface area contributed by atoms with E-state index in [9.17, 15) is 29.1 Å². The Balaban J connectivity index is 1.99. The molecule has 5 atom stereocenters. The molecule has 12 heteroatoms. The highest BCUT2D eigenvalue weighted by Gasteiger charge is 2.53. The van der Waals surface area contributed by atoms with E-state index in [2.05, 4.69) is 0 Å². The van der Waals surface area contributed by atoms with Gasteiger partial charge in [-0.3, -0.25) is 19.2 Å². The van der Waals surface area contributed by atoms with E-state index < -0.39 is 60.6 Å². The zero-order valence-electron chi connectivity index (χ0n) is 20.5. The molecule has 12 nitrogen and oxygen atoms in total. The van der Waals surface area contributed by atoms with Crippen LogP contribution in [0, 0.1) is 0 Å². The van der Waals surface area contributed by atoms with Gasteiger partial charge in [-0.2, -0.15) is 0 Å². The molecule has 0 unspecified atom stereocenters. The maximum atomic E-state index is 11.9. The van der Waals surface area contributed by atoms with Crippen LogP contribution in [0.2, 0.25) is 0 Å². The van der Waals surface area contributed by atoms with E-state index in [0.717, 1.165) is 20.8 Å². The third-order valence-electron chi connectivity index (χ3n) is 5.26. The lowest BCUT2D eigenvalue weighted by molar-refractivity contribution is -0.288. The summed E-state index contributed by atoms with van der Waals surface area (Å²) in [4.78, 5) is 58.4. The molecule has 0 bridgehead atoms. The highest BCUT2D eigenvalue weighted by Crippen LogP contribution is 2.32. The Bertz CT molecular complexity index is 1210. The quantitative estimate of drug-likeness (QED) is 0.400. The van der Waals surface area contributed by atoms with Crippen molar-refractivity contribution in [2.24, 2.45) is 0 Å². The van der Waals surface area contributed by atoms with Crippen LogP contribution < -0.4 is 4.74 Å². The highest BCUT2D eigenvalue weighted by molar-refractivity contribution is 5.94. The van der Waals surface area contributed by atoms with E-state index in [1.807, 2.05) is 0 Å². The monoisotopic (exact) mass is 518 g/mol. The summed E-state index contributed by atoms with van der Waals surface area (Å²) in [5, 5.41) is 10.5. The van der Waals surface area contributed by atoms with E-state index in [1.54, 1.807) is 24.3 Å². The molecule has 2 aromatic rings. The zero-order chi connectivity index (χ0) is 27.3. The number of carbonyl (C=O) groups is 5. The van der Waals surface area contributed by atoms with Crippen molar-refractivity contribution in [3.63, 3.8) is 0 Å². The van der Waals surface area contributed by atoms with Crippen LogP contribution >= 0.6 is 0 Å². The summed E-state index contributed by atoms with van der Waals surface area (Å²) in [6, 6.07) is 9.30. The van der Waals surface area contributed by atoms with Crippen molar-refractivity contribution >= 4 is 40.6 Å². The van der Waals surface area contributed by atoms with Gasteiger partial charge in [0.1, 0.15) is 18.5 Å². The van der Waals surface area contributed by atoms with Gasteiger partial charge in [-0.1, -0.05) is 12.1 Å². The zero-order valence-corrected chi connectivity index (χ0v) is 20.5. The summed E-state index contributed by atoms with van der Waals surface area (Å²) in [6.45, 7) is 4.17. The molecule has 1 N–H and O–H groups in total. The third kappa shape index (κ3) is 7.17. The molecule has 1 fully saturated rings. The molecule has 3 rings (SSSR count). The van der Waals surface area contributed by atoms with Gasteiger partial charge in [-0.05, 0) is 35.0 Å².